The number of piperidine rings is 1. The highest BCUT2D eigenvalue weighted by atomic mass is 79.9. The van der Waals surface area contributed by atoms with Crippen molar-refractivity contribution in [2.75, 3.05) is 13.1 Å². The molecule has 0 radical (unpaired) electrons. The summed E-state index contributed by atoms with van der Waals surface area (Å²) in [6.45, 7) is 1.79. The van der Waals surface area contributed by atoms with Gasteiger partial charge in [0.2, 0.25) is 5.91 Å². The number of likely N-dealkylation sites (tertiary alicyclic amines) is 1. The van der Waals surface area contributed by atoms with Gasteiger partial charge in [-0.2, -0.15) is 0 Å². The normalized spacial score (nSPS) is 21.1. The van der Waals surface area contributed by atoms with Crippen LogP contribution in [0.5, 0.6) is 0 Å². The number of rotatable bonds is 2. The number of pyridine rings is 1. The predicted molar refractivity (Wildman–Crippen MR) is 73.2 cm³/mol. The molecule has 1 aliphatic heterocycles. The van der Waals surface area contributed by atoms with Crippen molar-refractivity contribution in [1.29, 1.82) is 0 Å². The summed E-state index contributed by atoms with van der Waals surface area (Å²) in [6.07, 6.45) is 6.14. The minimum absolute atomic E-state index is 0.352. The third-order valence-electron chi connectivity index (χ3n) is 3.89. The third kappa shape index (κ3) is 2.58. The van der Waals surface area contributed by atoms with E-state index >= 15 is 0 Å². The molecule has 3 rings (SSSR count). The lowest BCUT2D eigenvalue weighted by Crippen LogP contribution is -2.38. The first-order chi connectivity index (χ1) is 8.74. The van der Waals surface area contributed by atoms with Gasteiger partial charge in [0, 0.05) is 41.3 Å². The smallest absolute Gasteiger partial charge is 0.225 e. The van der Waals surface area contributed by atoms with Crippen molar-refractivity contribution in [2.45, 2.75) is 31.6 Å². The van der Waals surface area contributed by atoms with E-state index in [-0.39, 0.29) is 0 Å². The van der Waals surface area contributed by atoms with Gasteiger partial charge in [0.15, 0.2) is 0 Å². The zero-order valence-corrected chi connectivity index (χ0v) is 11.9. The maximum absolute atomic E-state index is 12.0. The van der Waals surface area contributed by atoms with E-state index in [1.807, 2.05) is 17.2 Å². The summed E-state index contributed by atoms with van der Waals surface area (Å²) in [5.74, 6) is 1.24. The number of nitrogens with zero attached hydrogens (tertiary/aromatic N) is 2. The minimum Gasteiger partial charge on any atom is -0.342 e. The highest BCUT2D eigenvalue weighted by molar-refractivity contribution is 9.10. The maximum atomic E-state index is 12.0. The van der Waals surface area contributed by atoms with Crippen LogP contribution < -0.4 is 0 Å². The molecule has 0 N–H and O–H groups in total. The van der Waals surface area contributed by atoms with Crippen molar-refractivity contribution in [1.82, 2.24) is 9.88 Å². The molecule has 1 aromatic heterocycles. The number of carbonyl (C=O) groups is 1. The molecule has 3 nitrogen and oxygen atoms in total. The fraction of sp³-hybridized carbons (Fsp3) is 0.571. The largest absolute Gasteiger partial charge is 0.342 e. The Hall–Kier alpha value is -0.900. The summed E-state index contributed by atoms with van der Waals surface area (Å²) >= 11 is 3.49. The van der Waals surface area contributed by atoms with E-state index in [4.69, 9.17) is 0 Å². The highest BCUT2D eigenvalue weighted by Crippen LogP contribution is 2.34. The van der Waals surface area contributed by atoms with Crippen LogP contribution in [-0.4, -0.2) is 28.9 Å². The van der Waals surface area contributed by atoms with Gasteiger partial charge >= 0.3 is 0 Å². The van der Waals surface area contributed by atoms with Gasteiger partial charge in [-0.1, -0.05) is 15.9 Å². The van der Waals surface area contributed by atoms with Crippen molar-refractivity contribution < 1.29 is 4.79 Å². The van der Waals surface area contributed by atoms with E-state index < -0.39 is 0 Å². The number of amides is 1. The third-order valence-corrected chi connectivity index (χ3v) is 4.39. The van der Waals surface area contributed by atoms with Crippen LogP contribution in [0.2, 0.25) is 0 Å². The fourth-order valence-corrected chi connectivity index (χ4v) is 2.98. The minimum atomic E-state index is 0.352. The zero-order chi connectivity index (χ0) is 12.5. The number of halogens is 1. The molecule has 0 bridgehead atoms. The Kier molecular flexibility index (Phi) is 3.37. The van der Waals surface area contributed by atoms with Crippen LogP contribution in [0.25, 0.3) is 0 Å². The molecular formula is C14H17BrN2O. The lowest BCUT2D eigenvalue weighted by Gasteiger charge is -2.32. The summed E-state index contributed by atoms with van der Waals surface area (Å²) in [4.78, 5) is 18.5. The van der Waals surface area contributed by atoms with Gasteiger partial charge in [0.1, 0.15) is 0 Å². The molecule has 2 heterocycles. The van der Waals surface area contributed by atoms with Crippen LogP contribution in [0.15, 0.2) is 22.8 Å². The lowest BCUT2D eigenvalue weighted by atomic mass is 9.93. The second-order valence-electron chi connectivity index (χ2n) is 5.27. The van der Waals surface area contributed by atoms with E-state index in [1.165, 1.54) is 0 Å². The molecule has 0 spiro atoms. The van der Waals surface area contributed by atoms with Crippen molar-refractivity contribution in [3.8, 4) is 0 Å². The monoisotopic (exact) mass is 308 g/mol. The number of hydrogen-bond donors (Lipinski definition) is 0. The van der Waals surface area contributed by atoms with Crippen molar-refractivity contribution in [2.24, 2.45) is 5.92 Å². The average Bonchev–Trinajstić information content (AvgIpc) is 3.22. The van der Waals surface area contributed by atoms with Crippen LogP contribution in [0.4, 0.5) is 0 Å². The Labute approximate surface area is 116 Å². The molecule has 18 heavy (non-hydrogen) atoms. The Morgan fingerprint density at radius 2 is 2.00 bits per heavy atom. The Balaban J connectivity index is 1.61. The predicted octanol–water partition coefficient (Wildman–Crippen LogP) is 2.96. The number of aromatic nitrogens is 1. The molecule has 1 amide bonds. The van der Waals surface area contributed by atoms with E-state index in [0.717, 1.165) is 48.9 Å². The first kappa shape index (κ1) is 12.2. The molecule has 1 saturated carbocycles. The topological polar surface area (TPSA) is 33.2 Å². The molecule has 1 aliphatic carbocycles. The second kappa shape index (κ2) is 5.00. The van der Waals surface area contributed by atoms with Gasteiger partial charge in [-0.05, 0) is 37.8 Å². The average molecular weight is 309 g/mol. The lowest BCUT2D eigenvalue weighted by molar-refractivity contribution is -0.133. The van der Waals surface area contributed by atoms with Crippen LogP contribution in [0.1, 0.15) is 37.3 Å². The highest BCUT2D eigenvalue weighted by Gasteiger charge is 2.35. The second-order valence-corrected chi connectivity index (χ2v) is 6.19. The van der Waals surface area contributed by atoms with Gasteiger partial charge in [-0.25, -0.2) is 0 Å². The molecule has 0 atom stereocenters. The van der Waals surface area contributed by atoms with Crippen molar-refractivity contribution in [3.05, 3.63) is 28.5 Å². The van der Waals surface area contributed by atoms with Gasteiger partial charge in [0.25, 0.3) is 0 Å². The molecular weight excluding hydrogens is 292 g/mol. The zero-order valence-electron chi connectivity index (χ0n) is 10.3. The standard InChI is InChI=1S/C14H17BrN2O/c15-12-3-6-16-13(9-12)10-4-7-17(8-5-10)14(18)11-1-2-11/h3,6,9-11H,1-2,4-5,7-8H2. The quantitative estimate of drug-likeness (QED) is 0.841. The molecule has 1 saturated heterocycles. The van der Waals surface area contributed by atoms with Crippen LogP contribution in [0.3, 0.4) is 0 Å². The first-order valence-electron chi connectivity index (χ1n) is 6.64. The molecule has 1 aromatic rings. The fourth-order valence-electron chi connectivity index (χ4n) is 2.63. The first-order valence-corrected chi connectivity index (χ1v) is 7.43. The summed E-state index contributed by atoms with van der Waals surface area (Å²) in [7, 11) is 0. The number of hydrogen-bond acceptors (Lipinski definition) is 2. The van der Waals surface area contributed by atoms with E-state index in [1.54, 1.807) is 0 Å². The maximum Gasteiger partial charge on any atom is 0.225 e. The van der Waals surface area contributed by atoms with Crippen LogP contribution in [0, 0.1) is 5.92 Å². The van der Waals surface area contributed by atoms with E-state index in [2.05, 4.69) is 27.0 Å². The van der Waals surface area contributed by atoms with Crippen LogP contribution >= 0.6 is 15.9 Å². The van der Waals surface area contributed by atoms with Crippen molar-refractivity contribution in [3.63, 3.8) is 0 Å². The number of carbonyl (C=O) groups excluding carboxylic acids is 1. The molecule has 0 aromatic carbocycles. The van der Waals surface area contributed by atoms with Gasteiger partial charge < -0.3 is 4.90 Å². The Morgan fingerprint density at radius 1 is 1.28 bits per heavy atom. The molecule has 2 fully saturated rings. The van der Waals surface area contributed by atoms with E-state index in [9.17, 15) is 4.79 Å². The van der Waals surface area contributed by atoms with Crippen LogP contribution in [-0.2, 0) is 4.79 Å². The molecule has 4 heteroatoms. The Bertz CT molecular complexity index is 451. The van der Waals surface area contributed by atoms with Gasteiger partial charge in [0.05, 0.1) is 0 Å². The van der Waals surface area contributed by atoms with E-state index in [0.29, 0.717) is 17.7 Å². The summed E-state index contributed by atoms with van der Waals surface area (Å²) in [6, 6.07) is 4.05. The molecule has 2 aliphatic rings. The molecule has 96 valence electrons. The summed E-state index contributed by atoms with van der Waals surface area (Å²) in [5.41, 5.74) is 1.16. The van der Waals surface area contributed by atoms with Gasteiger partial charge in [-0.15, -0.1) is 0 Å². The molecule has 0 unspecified atom stereocenters. The van der Waals surface area contributed by atoms with Gasteiger partial charge in [-0.3, -0.25) is 9.78 Å². The van der Waals surface area contributed by atoms with Crippen molar-refractivity contribution >= 4 is 21.8 Å². The summed E-state index contributed by atoms with van der Waals surface area (Å²) in [5, 5.41) is 0. The Morgan fingerprint density at radius 3 is 2.61 bits per heavy atom. The summed E-state index contributed by atoms with van der Waals surface area (Å²) < 4.78 is 1.09. The SMILES string of the molecule is O=C(C1CC1)N1CCC(c2cc(Br)ccn2)CC1.